The van der Waals surface area contributed by atoms with Crippen LogP contribution < -0.4 is 0 Å². The van der Waals surface area contributed by atoms with Gasteiger partial charge in [0.25, 0.3) is 0 Å². The molecule has 0 saturated carbocycles. The van der Waals surface area contributed by atoms with E-state index in [1.165, 1.54) is 0 Å². The number of carbonyl (C=O) groups excluding carboxylic acids is 1. The molecule has 0 aliphatic carbocycles. The number of rotatable bonds is 6. The summed E-state index contributed by atoms with van der Waals surface area (Å²) in [5, 5.41) is 0. The second-order valence-corrected chi connectivity index (χ2v) is 4.76. The number of ether oxygens (including phenoxy) is 1. The van der Waals surface area contributed by atoms with Crippen molar-refractivity contribution >= 4 is 17.5 Å². The smallest absolute Gasteiger partial charge is 0.237 e. The zero-order valence-electron chi connectivity index (χ0n) is 11.1. The summed E-state index contributed by atoms with van der Waals surface area (Å²) in [4.78, 5) is 13.1. The molecule has 100 valence electrons. The Morgan fingerprint density at radius 1 is 1.33 bits per heavy atom. The van der Waals surface area contributed by atoms with E-state index >= 15 is 0 Å². The number of benzene rings is 1. The molecule has 0 saturated heterocycles. The summed E-state index contributed by atoms with van der Waals surface area (Å²) in [5.41, 5.74) is 1.07. The largest absolute Gasteiger partial charge is 0.369 e. The van der Waals surface area contributed by atoms with Crippen LogP contribution in [0.1, 0.15) is 25.5 Å². The number of halogens is 1. The van der Waals surface area contributed by atoms with Gasteiger partial charge in [-0.25, -0.2) is 0 Å². The maximum Gasteiger partial charge on any atom is 0.237 e. The average molecular weight is 270 g/mol. The first-order valence-corrected chi connectivity index (χ1v) is 6.58. The van der Waals surface area contributed by atoms with E-state index in [1.807, 2.05) is 44.2 Å². The molecule has 0 aliphatic heterocycles. The molecule has 0 fully saturated rings. The van der Waals surface area contributed by atoms with Gasteiger partial charge in [0.15, 0.2) is 0 Å². The van der Waals surface area contributed by atoms with E-state index in [9.17, 15) is 4.79 Å². The van der Waals surface area contributed by atoms with Crippen molar-refractivity contribution in [3.05, 3.63) is 35.9 Å². The van der Waals surface area contributed by atoms with E-state index < -0.39 is 0 Å². The first-order valence-electron chi connectivity index (χ1n) is 6.05. The number of hydrogen-bond donors (Lipinski definition) is 0. The zero-order chi connectivity index (χ0) is 13.5. The van der Waals surface area contributed by atoms with Crippen LogP contribution in [0.15, 0.2) is 30.3 Å². The number of alkyl halides is 1. The van der Waals surface area contributed by atoms with Gasteiger partial charge in [-0.1, -0.05) is 30.3 Å². The van der Waals surface area contributed by atoms with Crippen LogP contribution in [0.3, 0.4) is 0 Å². The third kappa shape index (κ3) is 4.67. The van der Waals surface area contributed by atoms with Crippen LogP contribution in [0.25, 0.3) is 0 Å². The van der Waals surface area contributed by atoms with Gasteiger partial charge in [0, 0.05) is 7.05 Å². The van der Waals surface area contributed by atoms with Crippen molar-refractivity contribution in [1.82, 2.24) is 4.90 Å². The van der Waals surface area contributed by atoms with Gasteiger partial charge in [0.1, 0.15) is 12.0 Å². The molecule has 1 aromatic rings. The third-order valence-corrected chi connectivity index (χ3v) is 2.82. The van der Waals surface area contributed by atoms with Crippen molar-refractivity contribution in [2.75, 3.05) is 19.5 Å². The zero-order valence-corrected chi connectivity index (χ0v) is 11.9. The monoisotopic (exact) mass is 269 g/mol. The Labute approximate surface area is 114 Å². The van der Waals surface area contributed by atoms with E-state index in [2.05, 4.69) is 0 Å². The number of hydrogen-bond acceptors (Lipinski definition) is 2. The quantitative estimate of drug-likeness (QED) is 0.743. The maximum absolute atomic E-state index is 11.5. The highest BCUT2D eigenvalue weighted by Gasteiger charge is 2.18. The van der Waals surface area contributed by atoms with Gasteiger partial charge >= 0.3 is 0 Å². The van der Waals surface area contributed by atoms with Crippen molar-refractivity contribution < 1.29 is 9.53 Å². The molecule has 0 spiro atoms. The van der Waals surface area contributed by atoms with Crippen LogP contribution in [0.4, 0.5) is 0 Å². The van der Waals surface area contributed by atoms with E-state index in [-0.39, 0.29) is 24.0 Å². The van der Waals surface area contributed by atoms with Gasteiger partial charge in [-0.3, -0.25) is 4.79 Å². The molecule has 1 rings (SSSR count). The number of carbonyl (C=O) groups is 1. The Morgan fingerprint density at radius 3 is 2.44 bits per heavy atom. The standard InChI is InChI=1S/C14H20ClNO2/c1-11(2)18-13(10-16(3)14(17)9-15)12-7-5-4-6-8-12/h4-8,11,13H,9-10H2,1-3H3. The molecule has 1 amide bonds. The fraction of sp³-hybridized carbons (Fsp3) is 0.500. The van der Waals surface area contributed by atoms with Gasteiger partial charge in [0.2, 0.25) is 5.91 Å². The summed E-state index contributed by atoms with van der Waals surface area (Å²) >= 11 is 5.55. The SMILES string of the molecule is CC(C)OC(CN(C)C(=O)CCl)c1ccccc1. The number of likely N-dealkylation sites (N-methyl/N-ethyl adjacent to an activating group) is 1. The molecule has 4 heteroatoms. The summed E-state index contributed by atoms with van der Waals surface area (Å²) in [6.45, 7) is 4.48. The molecule has 0 bridgehead atoms. The van der Waals surface area contributed by atoms with Gasteiger partial charge in [-0.2, -0.15) is 0 Å². The third-order valence-electron chi connectivity index (χ3n) is 2.59. The molecule has 0 N–H and O–H groups in total. The number of nitrogens with zero attached hydrogens (tertiary/aromatic N) is 1. The van der Waals surface area contributed by atoms with Gasteiger partial charge < -0.3 is 9.64 Å². The highest BCUT2D eigenvalue weighted by Crippen LogP contribution is 2.20. The summed E-state index contributed by atoms with van der Waals surface area (Å²) in [6.07, 6.45) is -0.0157. The van der Waals surface area contributed by atoms with E-state index in [0.29, 0.717) is 6.54 Å². The topological polar surface area (TPSA) is 29.5 Å². The molecule has 18 heavy (non-hydrogen) atoms. The molecule has 0 radical (unpaired) electrons. The van der Waals surface area contributed by atoms with Crippen molar-refractivity contribution in [2.24, 2.45) is 0 Å². The lowest BCUT2D eigenvalue weighted by Gasteiger charge is -2.26. The molecule has 0 aromatic heterocycles. The van der Waals surface area contributed by atoms with Gasteiger partial charge in [-0.15, -0.1) is 11.6 Å². The Morgan fingerprint density at radius 2 is 1.94 bits per heavy atom. The first kappa shape index (κ1) is 15.0. The lowest BCUT2D eigenvalue weighted by molar-refractivity contribution is -0.129. The highest BCUT2D eigenvalue weighted by atomic mass is 35.5. The van der Waals surface area contributed by atoms with Gasteiger partial charge in [-0.05, 0) is 19.4 Å². The van der Waals surface area contributed by atoms with Crippen LogP contribution in [0, 0.1) is 0 Å². The minimum Gasteiger partial charge on any atom is -0.369 e. The second kappa shape index (κ2) is 7.39. The van der Waals surface area contributed by atoms with Crippen molar-refractivity contribution in [1.29, 1.82) is 0 Å². The highest BCUT2D eigenvalue weighted by molar-refractivity contribution is 6.27. The predicted octanol–water partition coefficient (Wildman–Crippen LogP) is 2.85. The molecule has 0 aliphatic rings. The summed E-state index contributed by atoms with van der Waals surface area (Å²) in [5.74, 6) is -0.0929. The van der Waals surface area contributed by atoms with Crippen LogP contribution in [-0.4, -0.2) is 36.4 Å². The average Bonchev–Trinajstić information content (AvgIpc) is 2.37. The van der Waals surface area contributed by atoms with E-state index in [1.54, 1.807) is 11.9 Å². The van der Waals surface area contributed by atoms with Crippen molar-refractivity contribution in [2.45, 2.75) is 26.1 Å². The Hall–Kier alpha value is -1.06. The maximum atomic E-state index is 11.5. The van der Waals surface area contributed by atoms with Crippen LogP contribution in [0.2, 0.25) is 0 Å². The molecule has 1 atom stereocenters. The summed E-state index contributed by atoms with van der Waals surface area (Å²) in [6, 6.07) is 9.91. The van der Waals surface area contributed by atoms with Crippen LogP contribution >= 0.6 is 11.6 Å². The van der Waals surface area contributed by atoms with Crippen molar-refractivity contribution in [3.8, 4) is 0 Å². The fourth-order valence-corrected chi connectivity index (χ4v) is 1.88. The molecular weight excluding hydrogens is 250 g/mol. The van der Waals surface area contributed by atoms with Gasteiger partial charge in [0.05, 0.1) is 12.6 Å². The number of amides is 1. The first-order chi connectivity index (χ1) is 8.54. The summed E-state index contributed by atoms with van der Waals surface area (Å²) in [7, 11) is 1.74. The minimum absolute atomic E-state index is 0.000309. The Kier molecular flexibility index (Phi) is 6.16. The fourth-order valence-electron chi connectivity index (χ4n) is 1.68. The Bertz CT molecular complexity index is 367. The lowest BCUT2D eigenvalue weighted by atomic mass is 10.1. The van der Waals surface area contributed by atoms with E-state index in [4.69, 9.17) is 16.3 Å². The van der Waals surface area contributed by atoms with E-state index in [0.717, 1.165) is 5.56 Å². The predicted molar refractivity (Wildman–Crippen MR) is 73.8 cm³/mol. The van der Waals surface area contributed by atoms with Crippen LogP contribution in [0.5, 0.6) is 0 Å². The molecular formula is C14H20ClNO2. The normalized spacial score (nSPS) is 12.5. The Balaban J connectivity index is 2.76. The molecule has 1 aromatic carbocycles. The molecule has 0 heterocycles. The second-order valence-electron chi connectivity index (χ2n) is 4.49. The van der Waals surface area contributed by atoms with Crippen molar-refractivity contribution in [3.63, 3.8) is 0 Å². The van der Waals surface area contributed by atoms with Crippen LogP contribution in [-0.2, 0) is 9.53 Å². The molecule has 1 unspecified atom stereocenters. The lowest BCUT2D eigenvalue weighted by Crippen LogP contribution is -2.33. The molecule has 3 nitrogen and oxygen atoms in total. The summed E-state index contributed by atoms with van der Waals surface area (Å²) < 4.78 is 5.86. The minimum atomic E-state index is -0.122.